The van der Waals surface area contributed by atoms with E-state index in [1.54, 1.807) is 47.9 Å². The lowest BCUT2D eigenvalue weighted by Gasteiger charge is -2.35. The molecule has 10 heteroatoms. The van der Waals surface area contributed by atoms with Crippen molar-refractivity contribution >= 4 is 30.1 Å². The quantitative estimate of drug-likeness (QED) is 0.622. The lowest BCUT2D eigenvalue weighted by atomic mass is 9.78. The summed E-state index contributed by atoms with van der Waals surface area (Å²) < 4.78 is 5.80. The number of ether oxygens (including phenoxy) is 1. The number of amides is 1. The highest BCUT2D eigenvalue weighted by atomic mass is 35.5. The van der Waals surface area contributed by atoms with Crippen molar-refractivity contribution in [1.82, 2.24) is 25.1 Å². The Morgan fingerprint density at radius 3 is 2.56 bits per heavy atom. The van der Waals surface area contributed by atoms with Crippen LogP contribution in [-0.2, 0) is 4.74 Å². The molecule has 2 aliphatic rings. The van der Waals surface area contributed by atoms with Crippen molar-refractivity contribution in [3.8, 4) is 11.4 Å². The van der Waals surface area contributed by atoms with Gasteiger partial charge in [-0.3, -0.25) is 4.90 Å². The van der Waals surface area contributed by atoms with Crippen LogP contribution in [0.2, 0.25) is 0 Å². The number of halogens is 1. The van der Waals surface area contributed by atoms with Gasteiger partial charge in [0.25, 0.3) is 0 Å². The fourth-order valence-corrected chi connectivity index (χ4v) is 4.23. The highest BCUT2D eigenvalue weighted by Gasteiger charge is 2.48. The number of rotatable bonds is 5. The molecular weight excluding hydrogens is 430 g/mol. The molecule has 32 heavy (non-hydrogen) atoms. The highest BCUT2D eigenvalue weighted by Crippen LogP contribution is 2.40. The molecule has 1 aliphatic carbocycles. The number of carbonyl (C=O) groups is 1. The maximum atomic E-state index is 12.4. The van der Waals surface area contributed by atoms with Gasteiger partial charge in [0.1, 0.15) is 11.4 Å². The Labute approximate surface area is 192 Å². The molecule has 4 heterocycles. The first kappa shape index (κ1) is 21.9. The summed E-state index contributed by atoms with van der Waals surface area (Å²) in [4.78, 5) is 26.9. The zero-order valence-electron chi connectivity index (χ0n) is 17.4. The summed E-state index contributed by atoms with van der Waals surface area (Å²) in [6.45, 7) is 1.38. The van der Waals surface area contributed by atoms with Crippen molar-refractivity contribution in [2.45, 2.75) is 31.3 Å². The molecule has 1 aliphatic heterocycles. The third-order valence-electron chi connectivity index (χ3n) is 5.98. The van der Waals surface area contributed by atoms with Crippen LogP contribution in [0.3, 0.4) is 0 Å². The van der Waals surface area contributed by atoms with Gasteiger partial charge in [0.15, 0.2) is 11.6 Å². The Kier molecular flexibility index (Phi) is 6.45. The van der Waals surface area contributed by atoms with Crippen LogP contribution in [0.1, 0.15) is 25.7 Å². The van der Waals surface area contributed by atoms with Crippen LogP contribution in [-0.4, -0.2) is 49.9 Å². The molecule has 5 rings (SSSR count). The molecule has 1 saturated carbocycles. The van der Waals surface area contributed by atoms with Gasteiger partial charge in [-0.1, -0.05) is 0 Å². The summed E-state index contributed by atoms with van der Waals surface area (Å²) in [5.41, 5.74) is 0.474. The minimum atomic E-state index is -0.416. The number of pyridine rings is 1. The Morgan fingerprint density at radius 2 is 1.88 bits per heavy atom. The average molecular weight is 454 g/mol. The Morgan fingerprint density at radius 1 is 1.06 bits per heavy atom. The first-order valence-electron chi connectivity index (χ1n) is 10.5. The lowest BCUT2D eigenvalue weighted by molar-refractivity contribution is 0.0148. The second-order valence-corrected chi connectivity index (χ2v) is 8.05. The van der Waals surface area contributed by atoms with Gasteiger partial charge in [-0.25, -0.2) is 19.7 Å². The molecular formula is C22H24ClN7O2. The number of hydrogen-bond donors (Lipinski definition) is 1. The maximum Gasteiger partial charge on any atom is 0.416 e. The third-order valence-corrected chi connectivity index (χ3v) is 5.98. The van der Waals surface area contributed by atoms with Gasteiger partial charge >= 0.3 is 6.09 Å². The monoisotopic (exact) mass is 453 g/mol. The van der Waals surface area contributed by atoms with Crippen molar-refractivity contribution in [3.05, 3.63) is 55.1 Å². The summed E-state index contributed by atoms with van der Waals surface area (Å²) in [6, 6.07) is 9.27. The molecule has 1 saturated heterocycles. The normalized spacial score (nSPS) is 22.3. The van der Waals surface area contributed by atoms with E-state index in [2.05, 4.69) is 30.5 Å². The van der Waals surface area contributed by atoms with Crippen LogP contribution in [0.5, 0.6) is 0 Å². The fourth-order valence-electron chi connectivity index (χ4n) is 4.23. The molecule has 9 nitrogen and oxygen atoms in total. The molecule has 0 unspecified atom stereocenters. The largest absolute Gasteiger partial charge is 0.441 e. The van der Waals surface area contributed by atoms with Crippen molar-refractivity contribution in [3.63, 3.8) is 0 Å². The first-order chi connectivity index (χ1) is 15.2. The van der Waals surface area contributed by atoms with Crippen LogP contribution in [0.15, 0.2) is 55.1 Å². The van der Waals surface area contributed by atoms with Crippen molar-refractivity contribution < 1.29 is 9.53 Å². The molecule has 1 N–H and O–H groups in total. The number of aromatic nitrogens is 5. The van der Waals surface area contributed by atoms with Crippen molar-refractivity contribution in [2.75, 3.05) is 23.3 Å². The van der Waals surface area contributed by atoms with E-state index in [9.17, 15) is 4.79 Å². The Balaban J connectivity index is 0.00000245. The lowest BCUT2D eigenvalue weighted by Crippen LogP contribution is -2.39. The number of hydrogen-bond acceptors (Lipinski definition) is 8. The Hall–Kier alpha value is -3.33. The van der Waals surface area contributed by atoms with Crippen LogP contribution >= 0.6 is 12.4 Å². The van der Waals surface area contributed by atoms with Crippen LogP contribution in [0, 0.1) is 5.92 Å². The SMILES string of the molecule is Cl.O=C1OC2(CCC(CNc3ccc(-c4ncccn4)cn3)CC2)CN1c1cccnn1. The zero-order valence-corrected chi connectivity index (χ0v) is 18.2. The predicted molar refractivity (Wildman–Crippen MR) is 122 cm³/mol. The fraction of sp³-hybridized carbons (Fsp3) is 0.364. The Bertz CT molecular complexity index is 1030. The topological polar surface area (TPSA) is 106 Å². The number of nitrogens with one attached hydrogen (secondary N) is 1. The number of nitrogens with zero attached hydrogens (tertiary/aromatic N) is 6. The maximum absolute atomic E-state index is 12.4. The third kappa shape index (κ3) is 4.62. The zero-order chi connectivity index (χ0) is 21.1. The summed E-state index contributed by atoms with van der Waals surface area (Å²) in [7, 11) is 0. The summed E-state index contributed by atoms with van der Waals surface area (Å²) in [6.07, 6.45) is 10.2. The number of anilines is 2. The van der Waals surface area contributed by atoms with Crippen LogP contribution in [0.25, 0.3) is 11.4 Å². The second-order valence-electron chi connectivity index (χ2n) is 8.05. The predicted octanol–water partition coefficient (Wildman–Crippen LogP) is 3.75. The molecule has 2 fully saturated rings. The highest BCUT2D eigenvalue weighted by molar-refractivity contribution is 5.89. The standard InChI is InChI=1S/C22H23N7O2.ClH/c30-21-29(19-3-1-12-27-28-19)15-22(31-21)8-6-16(7-9-22)13-25-18-5-4-17(14-26-18)20-23-10-2-11-24-20;/h1-5,10-12,14,16H,6-9,13,15H2,(H,25,26);1H. The molecule has 1 spiro atoms. The van der Waals surface area contributed by atoms with Gasteiger partial charge in [0.2, 0.25) is 0 Å². The van der Waals surface area contributed by atoms with Gasteiger partial charge < -0.3 is 10.1 Å². The van der Waals surface area contributed by atoms with Gasteiger partial charge in [-0.2, -0.15) is 5.10 Å². The van der Waals surface area contributed by atoms with Crippen LogP contribution < -0.4 is 10.2 Å². The van der Waals surface area contributed by atoms with E-state index in [4.69, 9.17) is 4.74 Å². The second kappa shape index (κ2) is 9.44. The van der Waals surface area contributed by atoms with E-state index in [0.717, 1.165) is 43.6 Å². The molecule has 0 bridgehead atoms. The summed E-state index contributed by atoms with van der Waals surface area (Å²) >= 11 is 0. The molecule has 0 atom stereocenters. The molecule has 3 aromatic rings. The van der Waals surface area contributed by atoms with Crippen molar-refractivity contribution in [1.29, 1.82) is 0 Å². The molecule has 1 amide bonds. The van der Waals surface area contributed by atoms with Crippen LogP contribution in [0.4, 0.5) is 16.4 Å². The van der Waals surface area contributed by atoms with E-state index in [-0.39, 0.29) is 18.5 Å². The minimum Gasteiger partial charge on any atom is -0.441 e. The van der Waals surface area contributed by atoms with E-state index in [1.807, 2.05) is 12.1 Å². The van der Waals surface area contributed by atoms with E-state index in [0.29, 0.717) is 24.1 Å². The van der Waals surface area contributed by atoms with Gasteiger partial charge in [0, 0.05) is 36.9 Å². The minimum absolute atomic E-state index is 0. The van der Waals surface area contributed by atoms with E-state index in [1.165, 1.54) is 0 Å². The van der Waals surface area contributed by atoms with E-state index < -0.39 is 5.60 Å². The molecule has 166 valence electrons. The van der Waals surface area contributed by atoms with Crippen molar-refractivity contribution in [2.24, 2.45) is 5.92 Å². The molecule has 3 aromatic heterocycles. The molecule has 0 aromatic carbocycles. The smallest absolute Gasteiger partial charge is 0.416 e. The average Bonchev–Trinajstić information content (AvgIpc) is 3.16. The summed E-state index contributed by atoms with van der Waals surface area (Å²) in [5.74, 6) is 2.55. The van der Waals surface area contributed by atoms with E-state index >= 15 is 0 Å². The summed E-state index contributed by atoms with van der Waals surface area (Å²) in [5, 5.41) is 11.3. The first-order valence-corrected chi connectivity index (χ1v) is 10.5. The molecule has 0 radical (unpaired) electrons. The van der Waals surface area contributed by atoms with Gasteiger partial charge in [0.05, 0.1) is 6.54 Å². The van der Waals surface area contributed by atoms with Gasteiger partial charge in [-0.15, -0.1) is 17.5 Å². The van der Waals surface area contributed by atoms with Gasteiger partial charge in [-0.05, 0) is 61.9 Å². The number of carbonyl (C=O) groups excluding carboxylic acids is 1.